The van der Waals surface area contributed by atoms with Crippen molar-refractivity contribution in [2.45, 2.75) is 12.5 Å². The molecule has 0 rings (SSSR count). The number of carbonyl (C=O) groups is 2. The Morgan fingerprint density at radius 2 is 2.10 bits per heavy atom. The van der Waals surface area contributed by atoms with Crippen LogP contribution < -0.4 is 0 Å². The van der Waals surface area contributed by atoms with E-state index in [1.807, 2.05) is 0 Å². The maximum Gasteiger partial charge on any atom is 0.315 e. The monoisotopic (exact) mass is 160 g/mol. The minimum atomic E-state index is -0.981. The van der Waals surface area contributed by atoms with E-state index in [-0.39, 0.29) is 5.78 Å². The zero-order valence-corrected chi connectivity index (χ0v) is 6.75. The molecule has 4 nitrogen and oxygen atoms in total. The first-order chi connectivity index (χ1) is 4.63. The van der Waals surface area contributed by atoms with E-state index in [0.29, 0.717) is 0 Å². The molecule has 1 N–H and O–H groups in total. The van der Waals surface area contributed by atoms with Crippen molar-refractivity contribution in [1.29, 1.82) is 0 Å². The van der Waals surface area contributed by atoms with Crippen LogP contribution >= 0.6 is 0 Å². The average molecular weight is 160 g/mol. The van der Waals surface area contributed by atoms with Gasteiger partial charge in [0.05, 0.1) is 7.11 Å². The van der Waals surface area contributed by atoms with Gasteiger partial charge < -0.3 is 9.53 Å². The Kier molecular flexibility index (Phi) is 3.90. The predicted molar refractivity (Wildman–Crippen MR) is 34.4 cm³/mol. The van der Waals surface area contributed by atoms with Gasteiger partial charge in [0, 0.05) is 0 Å². The van der Waals surface area contributed by atoms with Gasteiger partial charge in [0.1, 0.15) is 11.3 Å². The largest absolute Gasteiger partial charge is 0.469 e. The summed E-state index contributed by atoms with van der Waals surface area (Å²) < 4.78 is 4.25. The normalized spacial score (nSPS) is 12.3. The fourth-order valence-electron chi connectivity index (χ4n) is 0.427. The number of hydrogen-bond acceptors (Lipinski definition) is 4. The van der Waals surface area contributed by atoms with E-state index >= 15 is 0 Å². The highest BCUT2D eigenvalue weighted by molar-refractivity contribution is 6.44. The van der Waals surface area contributed by atoms with E-state index in [9.17, 15) is 9.59 Å². The van der Waals surface area contributed by atoms with Gasteiger partial charge in [-0.3, -0.25) is 9.59 Å². The molecule has 0 bridgehead atoms. The second-order valence-corrected chi connectivity index (χ2v) is 2.53. The summed E-state index contributed by atoms with van der Waals surface area (Å²) in [4.78, 5) is 29.6. The van der Waals surface area contributed by atoms with Gasteiger partial charge >= 0.3 is 5.97 Å². The Labute approximate surface area is 61.1 Å². The van der Waals surface area contributed by atoms with Crippen LogP contribution in [0.2, 0.25) is 5.54 Å². The van der Waals surface area contributed by atoms with E-state index in [4.69, 9.17) is 4.80 Å². The number of hydrogen-bond donors (Lipinski definition) is 1. The van der Waals surface area contributed by atoms with Crippen LogP contribution in [0.4, 0.5) is 0 Å². The van der Waals surface area contributed by atoms with Crippen LogP contribution in [0.5, 0.6) is 0 Å². The standard InChI is InChI=1S/C5H8O4Si/c1-3(6)4(10-8)5(7)9-2/h4,8H,1-2H3. The molecule has 0 amide bonds. The van der Waals surface area contributed by atoms with Gasteiger partial charge in [-0.25, -0.2) is 0 Å². The molecule has 0 saturated heterocycles. The number of esters is 1. The summed E-state index contributed by atoms with van der Waals surface area (Å²) in [5, 5.41) is 0. The van der Waals surface area contributed by atoms with Crippen LogP contribution in [0.3, 0.4) is 0 Å². The zero-order valence-electron chi connectivity index (χ0n) is 5.75. The molecule has 10 heavy (non-hydrogen) atoms. The van der Waals surface area contributed by atoms with Crippen LogP contribution in [-0.4, -0.2) is 33.4 Å². The number of ketones is 1. The van der Waals surface area contributed by atoms with Crippen LogP contribution in [0.15, 0.2) is 0 Å². The highest BCUT2D eigenvalue weighted by Crippen LogP contribution is 2.04. The minimum absolute atomic E-state index is 0.368. The van der Waals surface area contributed by atoms with E-state index in [1.165, 1.54) is 14.0 Å². The lowest BCUT2D eigenvalue weighted by molar-refractivity contribution is -0.143. The summed E-state index contributed by atoms with van der Waals surface area (Å²) in [6.07, 6.45) is 0. The lowest BCUT2D eigenvalue weighted by Gasteiger charge is -2.04. The van der Waals surface area contributed by atoms with Crippen LogP contribution in [0.25, 0.3) is 0 Å². The molecule has 0 aromatic carbocycles. The molecule has 0 saturated carbocycles. The molecule has 0 aliphatic rings. The SMILES string of the molecule is COC(=O)C([Si]O)C(C)=O. The molecule has 0 fully saturated rings. The predicted octanol–water partition coefficient (Wildman–Crippen LogP) is -0.852. The molecule has 0 heterocycles. The van der Waals surface area contributed by atoms with Crippen LogP contribution in [-0.2, 0) is 14.3 Å². The molecule has 0 aromatic rings. The first-order valence-corrected chi connectivity index (χ1v) is 3.63. The fraction of sp³-hybridized carbons (Fsp3) is 0.600. The molecule has 0 aliphatic carbocycles. The van der Waals surface area contributed by atoms with Crippen molar-refractivity contribution >= 4 is 21.5 Å². The van der Waals surface area contributed by atoms with E-state index in [0.717, 1.165) is 0 Å². The molecule has 2 radical (unpaired) electrons. The maximum absolute atomic E-state index is 10.6. The van der Waals surface area contributed by atoms with Crippen molar-refractivity contribution in [1.82, 2.24) is 0 Å². The number of Topliss-reactive ketones (excluding diaryl/α,β-unsaturated/α-hetero) is 1. The second kappa shape index (κ2) is 4.18. The molecule has 0 aromatic heterocycles. The van der Waals surface area contributed by atoms with Gasteiger partial charge in [-0.2, -0.15) is 0 Å². The second-order valence-electron chi connectivity index (χ2n) is 1.70. The molecular formula is C5H8O4Si. The molecule has 56 valence electrons. The van der Waals surface area contributed by atoms with Crippen LogP contribution in [0.1, 0.15) is 6.92 Å². The molecule has 1 unspecified atom stereocenters. The van der Waals surface area contributed by atoms with E-state index in [1.54, 1.807) is 0 Å². The quantitative estimate of drug-likeness (QED) is 0.332. The molecule has 0 spiro atoms. The summed E-state index contributed by atoms with van der Waals surface area (Å²) in [6.45, 7) is 1.24. The molecule has 5 heteroatoms. The molecular weight excluding hydrogens is 152 g/mol. The van der Waals surface area contributed by atoms with Gasteiger partial charge in [0.15, 0.2) is 0 Å². The van der Waals surface area contributed by atoms with Crippen molar-refractivity contribution in [3.63, 3.8) is 0 Å². The third kappa shape index (κ3) is 2.28. The van der Waals surface area contributed by atoms with Gasteiger partial charge in [-0.1, -0.05) is 0 Å². The summed E-state index contributed by atoms with van der Waals surface area (Å²) in [6, 6.07) is 0. The number of carbonyl (C=O) groups excluding carboxylic acids is 2. The average Bonchev–Trinajstić information content (AvgIpc) is 1.88. The highest BCUT2D eigenvalue weighted by Gasteiger charge is 2.24. The summed E-state index contributed by atoms with van der Waals surface area (Å²) in [7, 11) is 0.471. The fourth-order valence-corrected chi connectivity index (χ4v) is 0.832. The van der Waals surface area contributed by atoms with Gasteiger partial charge in [-0.15, -0.1) is 0 Å². The van der Waals surface area contributed by atoms with Crippen molar-refractivity contribution in [3.05, 3.63) is 0 Å². The Balaban J connectivity index is 4.06. The molecule has 1 atom stereocenters. The number of methoxy groups -OCH3 is 1. The summed E-state index contributed by atoms with van der Waals surface area (Å²) >= 11 is 0. The van der Waals surface area contributed by atoms with Gasteiger partial charge in [0.25, 0.3) is 0 Å². The Hall–Kier alpha value is -0.683. The van der Waals surface area contributed by atoms with Crippen molar-refractivity contribution in [3.8, 4) is 0 Å². The third-order valence-electron chi connectivity index (χ3n) is 0.973. The maximum atomic E-state index is 10.6. The summed E-state index contributed by atoms with van der Waals surface area (Å²) in [5.41, 5.74) is -0.981. The van der Waals surface area contributed by atoms with Crippen LogP contribution in [0, 0.1) is 0 Å². The third-order valence-corrected chi connectivity index (χ3v) is 1.87. The Morgan fingerprint density at radius 3 is 2.20 bits per heavy atom. The smallest absolute Gasteiger partial charge is 0.315 e. The first kappa shape index (κ1) is 9.32. The summed E-state index contributed by atoms with van der Waals surface area (Å²) in [5.74, 6) is -1.04. The van der Waals surface area contributed by atoms with Crippen molar-refractivity contribution in [2.24, 2.45) is 0 Å². The highest BCUT2D eigenvalue weighted by atomic mass is 28.2. The van der Waals surface area contributed by atoms with Gasteiger partial charge in [-0.05, 0) is 6.92 Å². The van der Waals surface area contributed by atoms with Gasteiger partial charge in [0.2, 0.25) is 9.76 Å². The number of ether oxygens (including phenoxy) is 1. The lowest BCUT2D eigenvalue weighted by atomic mass is 10.3. The zero-order chi connectivity index (χ0) is 8.15. The minimum Gasteiger partial charge on any atom is -0.469 e. The lowest BCUT2D eigenvalue weighted by Crippen LogP contribution is -2.22. The van der Waals surface area contributed by atoms with E-state index in [2.05, 4.69) is 4.74 Å². The topological polar surface area (TPSA) is 63.6 Å². The number of rotatable bonds is 3. The van der Waals surface area contributed by atoms with Crippen molar-refractivity contribution in [2.75, 3.05) is 7.11 Å². The first-order valence-electron chi connectivity index (χ1n) is 2.61. The Morgan fingerprint density at radius 1 is 1.60 bits per heavy atom. The Bertz CT molecular complexity index is 145. The molecule has 0 aliphatic heterocycles. The van der Waals surface area contributed by atoms with Crippen molar-refractivity contribution < 1.29 is 19.1 Å². The van der Waals surface area contributed by atoms with E-state index < -0.39 is 21.3 Å².